The van der Waals surface area contributed by atoms with Crippen molar-refractivity contribution in [3.05, 3.63) is 96.1 Å². The molecule has 0 radical (unpaired) electrons. The molecule has 7 heteroatoms. The highest BCUT2D eigenvalue weighted by Crippen LogP contribution is 2.43. The number of carbonyl (C=O) groups is 2. The fraction of sp³-hybridized carbons (Fsp3) is 0.458. The molecule has 0 aliphatic carbocycles. The summed E-state index contributed by atoms with van der Waals surface area (Å²) in [6.45, 7) is 19.3. The van der Waals surface area contributed by atoms with Crippen molar-refractivity contribution in [1.29, 1.82) is 0 Å². The smallest absolute Gasteiger partial charge is 0.173 e. The van der Waals surface area contributed by atoms with Gasteiger partial charge in [-0.05, 0) is 85.6 Å². The quantitative estimate of drug-likeness (QED) is 0.0700. The molecule has 6 aromatic rings. The lowest BCUT2D eigenvalue weighted by atomic mass is 9.70. The number of aliphatic hydroxyl groups is 1. The molecule has 0 amide bonds. The number of unbranched alkanes of at least 4 members (excludes halogenated alkanes) is 2. The second-order valence-electron chi connectivity index (χ2n) is 17.0. The fourth-order valence-corrected chi connectivity index (χ4v) is 8.04. The monoisotopic (exact) mass is 744 g/mol. The van der Waals surface area contributed by atoms with Crippen molar-refractivity contribution >= 4 is 55.2 Å². The molecular formula is C48H60N2O5. The van der Waals surface area contributed by atoms with E-state index in [1.165, 1.54) is 0 Å². The first kappa shape index (κ1) is 40.4. The zero-order valence-electron chi connectivity index (χ0n) is 34.4. The van der Waals surface area contributed by atoms with Crippen molar-refractivity contribution in [3.8, 4) is 0 Å². The lowest BCUT2D eigenvalue weighted by Gasteiger charge is -2.43. The van der Waals surface area contributed by atoms with Gasteiger partial charge in [-0.25, -0.2) is 0 Å². The molecule has 55 heavy (non-hydrogen) atoms. The van der Waals surface area contributed by atoms with Gasteiger partial charge in [0.25, 0.3) is 0 Å². The van der Waals surface area contributed by atoms with E-state index in [-0.39, 0.29) is 31.4 Å². The van der Waals surface area contributed by atoms with Gasteiger partial charge in [0, 0.05) is 56.8 Å². The van der Waals surface area contributed by atoms with Gasteiger partial charge in [-0.15, -0.1) is 0 Å². The average Bonchev–Trinajstić information content (AvgIpc) is 3.69. The zero-order valence-corrected chi connectivity index (χ0v) is 34.4. The van der Waals surface area contributed by atoms with E-state index in [2.05, 4.69) is 71.5 Å². The average molecular weight is 745 g/mol. The Morgan fingerprint density at radius 1 is 0.564 bits per heavy atom. The maximum absolute atomic E-state index is 14.7. The number of aryl methyl sites for hydroxylation is 2. The topological polar surface area (TPSA) is 82.7 Å². The number of para-hydroxylation sites is 4. The number of carbonyl (C=O) groups excluding carboxylic acids is 2. The highest BCUT2D eigenvalue weighted by molar-refractivity contribution is 6.18. The van der Waals surface area contributed by atoms with Crippen LogP contribution in [-0.4, -0.2) is 56.8 Å². The Hall–Kier alpha value is -4.30. The van der Waals surface area contributed by atoms with E-state index in [0.717, 1.165) is 82.4 Å². The molecule has 0 fully saturated rings. The molecule has 0 aliphatic rings. The summed E-state index contributed by atoms with van der Waals surface area (Å²) in [6.07, 6.45) is 4.11. The second-order valence-corrected chi connectivity index (χ2v) is 17.0. The summed E-state index contributed by atoms with van der Waals surface area (Å²) >= 11 is 0. The fourth-order valence-electron chi connectivity index (χ4n) is 8.04. The van der Waals surface area contributed by atoms with Gasteiger partial charge >= 0.3 is 0 Å². The second kappa shape index (κ2) is 15.7. The summed E-state index contributed by atoms with van der Waals surface area (Å²) in [5, 5.41) is 15.3. The van der Waals surface area contributed by atoms with Gasteiger partial charge in [-0.1, -0.05) is 87.4 Å². The van der Waals surface area contributed by atoms with Crippen LogP contribution in [0, 0.1) is 10.8 Å². The Kier molecular flexibility index (Phi) is 11.5. The largest absolute Gasteiger partial charge is 0.393 e. The number of aliphatic hydroxyl groups excluding tert-OH is 1. The van der Waals surface area contributed by atoms with Crippen molar-refractivity contribution in [2.75, 3.05) is 19.8 Å². The zero-order chi connectivity index (χ0) is 39.8. The molecule has 7 nitrogen and oxygen atoms in total. The van der Waals surface area contributed by atoms with E-state index in [1.54, 1.807) is 6.92 Å². The molecule has 0 saturated heterocycles. The molecule has 1 unspecified atom stereocenters. The Morgan fingerprint density at radius 2 is 0.982 bits per heavy atom. The number of hydrogen-bond acceptors (Lipinski definition) is 5. The van der Waals surface area contributed by atoms with Gasteiger partial charge in [0.2, 0.25) is 0 Å². The SMILES string of the molecule is CCCCn1c2ccccc2c2cccc(C(=O)C(C)(C)C(C)(C)OCCOC(C)(CO)C(C)(C)C(=O)c3cccc4c5ccccc5n(CCCC)c34)c21. The molecule has 1 atom stereocenters. The van der Waals surface area contributed by atoms with Gasteiger partial charge in [-0.3, -0.25) is 9.59 Å². The van der Waals surface area contributed by atoms with Crippen LogP contribution in [0.15, 0.2) is 84.9 Å². The van der Waals surface area contributed by atoms with Crippen LogP contribution in [0.4, 0.5) is 0 Å². The molecule has 2 heterocycles. The van der Waals surface area contributed by atoms with Gasteiger partial charge in [0.05, 0.1) is 47.3 Å². The number of hydrogen-bond donors (Lipinski definition) is 1. The molecule has 0 saturated carbocycles. The van der Waals surface area contributed by atoms with Crippen LogP contribution in [0.3, 0.4) is 0 Å². The molecule has 4 aromatic carbocycles. The molecule has 292 valence electrons. The van der Waals surface area contributed by atoms with Crippen LogP contribution in [0.2, 0.25) is 0 Å². The summed E-state index contributed by atoms with van der Waals surface area (Å²) in [6, 6.07) is 28.7. The standard InChI is InChI=1S/C48H60N2O5/c1-10-12-28-49-39-26-16-14-20-33(39)35-22-18-24-37(41(35)49)43(52)45(3,4)47(7,8)54-30-31-55-48(9,32-51)46(5,6)44(53)38-25-19-23-36-34-21-15-17-27-40(34)50(42(36)38)29-13-11-2/h14-27,51H,10-13,28-32H2,1-9H3. The number of Topliss-reactive ketones (excluding diaryl/α,β-unsaturated/α-hetero) is 2. The number of ether oxygens (including phenoxy) is 2. The van der Waals surface area contributed by atoms with Crippen molar-refractivity contribution in [3.63, 3.8) is 0 Å². The molecular weight excluding hydrogens is 685 g/mol. The van der Waals surface area contributed by atoms with Gasteiger partial charge in [0.15, 0.2) is 11.6 Å². The molecule has 0 spiro atoms. The number of nitrogens with zero attached hydrogens (tertiary/aromatic N) is 2. The third kappa shape index (κ3) is 6.93. The van der Waals surface area contributed by atoms with Crippen molar-refractivity contribution < 1.29 is 24.2 Å². The van der Waals surface area contributed by atoms with Crippen LogP contribution < -0.4 is 0 Å². The number of benzene rings is 4. The first-order chi connectivity index (χ1) is 26.2. The summed E-state index contributed by atoms with van der Waals surface area (Å²) in [4.78, 5) is 29.3. The first-order valence-electron chi connectivity index (χ1n) is 20.1. The van der Waals surface area contributed by atoms with Crippen LogP contribution >= 0.6 is 0 Å². The number of ketones is 2. The normalized spacial score (nSPS) is 14.0. The number of aromatic nitrogens is 2. The molecule has 1 N–H and O–H groups in total. The van der Waals surface area contributed by atoms with Crippen LogP contribution in [0.1, 0.15) is 109 Å². The number of fused-ring (bicyclic) bond motifs is 6. The highest BCUT2D eigenvalue weighted by Gasteiger charge is 2.49. The van der Waals surface area contributed by atoms with Gasteiger partial charge in [-0.2, -0.15) is 0 Å². The minimum Gasteiger partial charge on any atom is -0.393 e. The highest BCUT2D eigenvalue weighted by atomic mass is 16.6. The Bertz CT molecular complexity index is 2340. The minimum atomic E-state index is -1.22. The summed E-state index contributed by atoms with van der Waals surface area (Å²) in [5.74, 6) is -0.0734. The van der Waals surface area contributed by atoms with E-state index >= 15 is 0 Å². The third-order valence-electron chi connectivity index (χ3n) is 12.8. The van der Waals surface area contributed by atoms with E-state index in [0.29, 0.717) is 11.1 Å². The minimum absolute atomic E-state index is 0.0158. The molecule has 0 aliphatic heterocycles. The van der Waals surface area contributed by atoms with Crippen molar-refractivity contribution in [2.45, 2.75) is 112 Å². The van der Waals surface area contributed by atoms with E-state index in [1.807, 2.05) is 77.9 Å². The Labute approximate surface area is 326 Å². The molecule has 6 rings (SSSR count). The summed E-state index contributed by atoms with van der Waals surface area (Å²) in [5.41, 5.74) is 1.38. The van der Waals surface area contributed by atoms with Gasteiger partial charge in [0.1, 0.15) is 5.60 Å². The van der Waals surface area contributed by atoms with Crippen LogP contribution in [0.25, 0.3) is 43.6 Å². The molecule has 0 bridgehead atoms. The van der Waals surface area contributed by atoms with E-state index in [9.17, 15) is 14.7 Å². The maximum Gasteiger partial charge on any atom is 0.173 e. The Balaban J connectivity index is 1.22. The maximum atomic E-state index is 14.7. The predicted molar refractivity (Wildman–Crippen MR) is 226 cm³/mol. The molecule has 2 aromatic heterocycles. The first-order valence-corrected chi connectivity index (χ1v) is 20.1. The summed E-state index contributed by atoms with van der Waals surface area (Å²) < 4.78 is 17.6. The Morgan fingerprint density at radius 3 is 1.44 bits per heavy atom. The summed E-state index contributed by atoms with van der Waals surface area (Å²) in [7, 11) is 0. The number of rotatable bonds is 18. The van der Waals surface area contributed by atoms with Crippen molar-refractivity contribution in [2.24, 2.45) is 10.8 Å². The van der Waals surface area contributed by atoms with E-state index < -0.39 is 22.0 Å². The lowest BCUT2D eigenvalue weighted by molar-refractivity contribution is -0.154. The van der Waals surface area contributed by atoms with E-state index in [4.69, 9.17) is 9.47 Å². The lowest BCUT2D eigenvalue weighted by Crippen LogP contribution is -2.53. The van der Waals surface area contributed by atoms with Crippen molar-refractivity contribution in [1.82, 2.24) is 9.13 Å². The van der Waals surface area contributed by atoms with Gasteiger partial charge < -0.3 is 23.7 Å². The van der Waals surface area contributed by atoms with Crippen LogP contribution in [0.5, 0.6) is 0 Å². The predicted octanol–water partition coefficient (Wildman–Crippen LogP) is 11.2. The third-order valence-corrected chi connectivity index (χ3v) is 12.8. The van der Waals surface area contributed by atoms with Crippen LogP contribution in [-0.2, 0) is 22.6 Å².